The first kappa shape index (κ1) is 18.4. The third-order valence-electron chi connectivity index (χ3n) is 4.43. The van der Waals surface area contributed by atoms with Crippen LogP contribution in [0.15, 0.2) is 72.8 Å². The summed E-state index contributed by atoms with van der Waals surface area (Å²) in [7, 11) is 1.62. The number of hydrogen-bond donors (Lipinski definition) is 1. The minimum absolute atomic E-state index is 0.247. The fourth-order valence-electron chi connectivity index (χ4n) is 2.99. The lowest BCUT2D eigenvalue weighted by molar-refractivity contribution is -0.111. The van der Waals surface area contributed by atoms with Gasteiger partial charge in [-0.1, -0.05) is 30.3 Å². The van der Waals surface area contributed by atoms with Crippen molar-refractivity contribution in [2.75, 3.05) is 12.4 Å². The van der Waals surface area contributed by atoms with E-state index in [1.807, 2.05) is 73.7 Å². The molecule has 0 unspecified atom stereocenters. The number of anilines is 1. The molecule has 0 fully saturated rings. The molecular formula is C23H20N4O2. The first-order valence-electron chi connectivity index (χ1n) is 9.18. The minimum Gasteiger partial charge on any atom is -0.497 e. The SMILES string of the molecule is COc1ccc(/C=C/C(=O)Nc2cc(C)nn2-c2ccc3ccccc3n2)cc1. The number of para-hydroxylation sites is 1. The molecule has 0 atom stereocenters. The molecule has 0 saturated heterocycles. The van der Waals surface area contributed by atoms with Crippen LogP contribution >= 0.6 is 0 Å². The number of carbonyl (C=O) groups is 1. The lowest BCUT2D eigenvalue weighted by Crippen LogP contribution is -2.13. The Bertz CT molecular complexity index is 1190. The van der Waals surface area contributed by atoms with Crippen molar-refractivity contribution in [3.63, 3.8) is 0 Å². The van der Waals surface area contributed by atoms with Crippen molar-refractivity contribution in [3.05, 3.63) is 84.1 Å². The van der Waals surface area contributed by atoms with Crippen molar-refractivity contribution in [2.24, 2.45) is 0 Å². The topological polar surface area (TPSA) is 69.0 Å². The zero-order valence-corrected chi connectivity index (χ0v) is 16.2. The molecule has 6 nitrogen and oxygen atoms in total. The number of ether oxygens (including phenoxy) is 1. The van der Waals surface area contributed by atoms with Gasteiger partial charge in [-0.05, 0) is 48.9 Å². The van der Waals surface area contributed by atoms with Crippen molar-refractivity contribution < 1.29 is 9.53 Å². The smallest absolute Gasteiger partial charge is 0.249 e. The maximum absolute atomic E-state index is 12.4. The van der Waals surface area contributed by atoms with Gasteiger partial charge >= 0.3 is 0 Å². The maximum Gasteiger partial charge on any atom is 0.249 e. The number of hydrogen-bond acceptors (Lipinski definition) is 4. The van der Waals surface area contributed by atoms with Crippen LogP contribution in [-0.4, -0.2) is 27.8 Å². The summed E-state index contributed by atoms with van der Waals surface area (Å²) in [5.41, 5.74) is 2.56. The van der Waals surface area contributed by atoms with Crippen molar-refractivity contribution in [1.29, 1.82) is 0 Å². The Morgan fingerprint density at radius 2 is 1.86 bits per heavy atom. The van der Waals surface area contributed by atoms with Gasteiger partial charge in [-0.3, -0.25) is 4.79 Å². The predicted molar refractivity (Wildman–Crippen MR) is 114 cm³/mol. The number of carbonyl (C=O) groups excluding carboxylic acids is 1. The van der Waals surface area contributed by atoms with Crippen LogP contribution in [0.25, 0.3) is 22.8 Å². The van der Waals surface area contributed by atoms with Gasteiger partial charge < -0.3 is 10.1 Å². The minimum atomic E-state index is -0.247. The zero-order valence-electron chi connectivity index (χ0n) is 16.2. The van der Waals surface area contributed by atoms with E-state index in [1.165, 1.54) is 6.08 Å². The van der Waals surface area contributed by atoms with Gasteiger partial charge in [0.2, 0.25) is 5.91 Å². The number of amides is 1. The van der Waals surface area contributed by atoms with Gasteiger partial charge in [-0.25, -0.2) is 4.98 Å². The number of aromatic nitrogens is 3. The summed E-state index contributed by atoms with van der Waals surface area (Å²) in [5, 5.41) is 8.41. The van der Waals surface area contributed by atoms with E-state index in [1.54, 1.807) is 17.9 Å². The molecule has 4 aromatic rings. The van der Waals surface area contributed by atoms with Crippen molar-refractivity contribution in [3.8, 4) is 11.6 Å². The van der Waals surface area contributed by atoms with Crippen LogP contribution in [0.3, 0.4) is 0 Å². The number of rotatable bonds is 5. The summed E-state index contributed by atoms with van der Waals surface area (Å²) in [5.74, 6) is 1.73. The third-order valence-corrected chi connectivity index (χ3v) is 4.43. The predicted octanol–water partition coefficient (Wildman–Crippen LogP) is 4.39. The largest absolute Gasteiger partial charge is 0.497 e. The van der Waals surface area contributed by atoms with E-state index in [9.17, 15) is 4.79 Å². The van der Waals surface area contributed by atoms with Gasteiger partial charge in [0.15, 0.2) is 5.82 Å². The summed E-state index contributed by atoms with van der Waals surface area (Å²) < 4.78 is 6.78. The van der Waals surface area contributed by atoms with E-state index in [0.29, 0.717) is 11.6 Å². The van der Waals surface area contributed by atoms with E-state index < -0.39 is 0 Å². The van der Waals surface area contributed by atoms with Crippen LogP contribution in [0.1, 0.15) is 11.3 Å². The molecule has 2 aromatic heterocycles. The number of aryl methyl sites for hydroxylation is 1. The molecule has 0 radical (unpaired) electrons. The quantitative estimate of drug-likeness (QED) is 0.518. The average Bonchev–Trinajstić information content (AvgIpc) is 3.12. The highest BCUT2D eigenvalue weighted by atomic mass is 16.5. The molecule has 6 heteroatoms. The molecule has 0 aliphatic rings. The van der Waals surface area contributed by atoms with Gasteiger partial charge in [-0.15, -0.1) is 0 Å². The summed E-state index contributed by atoms with van der Waals surface area (Å²) in [6.45, 7) is 1.88. The molecule has 0 aliphatic heterocycles. The van der Waals surface area contributed by atoms with Crippen molar-refractivity contribution in [1.82, 2.24) is 14.8 Å². The summed E-state index contributed by atoms with van der Waals surface area (Å²) in [6.07, 6.45) is 3.24. The van der Waals surface area contributed by atoms with Crippen LogP contribution in [0.4, 0.5) is 5.82 Å². The molecular weight excluding hydrogens is 364 g/mol. The highest BCUT2D eigenvalue weighted by molar-refractivity contribution is 6.01. The molecule has 1 N–H and O–H groups in total. The zero-order chi connectivity index (χ0) is 20.2. The monoisotopic (exact) mass is 384 g/mol. The number of benzene rings is 2. The fraction of sp³-hybridized carbons (Fsp3) is 0.0870. The molecule has 4 rings (SSSR count). The molecule has 2 aromatic carbocycles. The average molecular weight is 384 g/mol. The summed E-state index contributed by atoms with van der Waals surface area (Å²) in [4.78, 5) is 17.1. The van der Waals surface area contributed by atoms with Crippen LogP contribution in [0, 0.1) is 6.92 Å². The van der Waals surface area contributed by atoms with Crippen molar-refractivity contribution in [2.45, 2.75) is 6.92 Å². The molecule has 144 valence electrons. The van der Waals surface area contributed by atoms with Crippen molar-refractivity contribution >= 4 is 28.7 Å². The van der Waals surface area contributed by atoms with Crippen LogP contribution in [0.2, 0.25) is 0 Å². The normalized spacial score (nSPS) is 11.1. The van der Waals surface area contributed by atoms with E-state index in [2.05, 4.69) is 15.4 Å². The molecule has 0 aliphatic carbocycles. The first-order valence-corrected chi connectivity index (χ1v) is 9.18. The molecule has 0 bridgehead atoms. The van der Waals surface area contributed by atoms with Gasteiger partial charge in [0.1, 0.15) is 11.6 Å². The Morgan fingerprint density at radius 3 is 2.66 bits per heavy atom. The van der Waals surface area contributed by atoms with Gasteiger partial charge in [0.05, 0.1) is 18.3 Å². The van der Waals surface area contributed by atoms with Gasteiger partial charge in [0, 0.05) is 17.5 Å². The van der Waals surface area contributed by atoms with E-state index in [0.717, 1.165) is 27.9 Å². The highest BCUT2D eigenvalue weighted by Crippen LogP contribution is 2.19. The summed E-state index contributed by atoms with van der Waals surface area (Å²) >= 11 is 0. The second-order valence-electron chi connectivity index (χ2n) is 6.54. The molecule has 29 heavy (non-hydrogen) atoms. The van der Waals surface area contributed by atoms with E-state index >= 15 is 0 Å². The Labute approximate surface area is 168 Å². The van der Waals surface area contributed by atoms with E-state index in [4.69, 9.17) is 4.74 Å². The lowest BCUT2D eigenvalue weighted by atomic mass is 10.2. The Morgan fingerprint density at radius 1 is 1.07 bits per heavy atom. The molecule has 2 heterocycles. The molecule has 0 saturated carbocycles. The number of nitrogens with one attached hydrogen (secondary N) is 1. The second kappa shape index (κ2) is 7.98. The van der Waals surface area contributed by atoms with Crippen LogP contribution in [0.5, 0.6) is 5.75 Å². The van der Waals surface area contributed by atoms with E-state index in [-0.39, 0.29) is 5.91 Å². The fourth-order valence-corrected chi connectivity index (χ4v) is 2.99. The number of methoxy groups -OCH3 is 1. The maximum atomic E-state index is 12.4. The number of pyridine rings is 1. The molecule has 1 amide bonds. The second-order valence-corrected chi connectivity index (χ2v) is 6.54. The van der Waals surface area contributed by atoms with Crippen LogP contribution < -0.4 is 10.1 Å². The first-order chi connectivity index (χ1) is 14.1. The third kappa shape index (κ3) is 4.16. The Hall–Kier alpha value is -3.93. The standard InChI is InChI=1S/C23H20N4O2/c1-16-15-22(25-23(28)14-9-17-7-11-19(29-2)12-8-17)27(26-16)21-13-10-18-5-3-4-6-20(18)24-21/h3-15H,1-2H3,(H,25,28)/b14-9+. The number of nitrogens with zero attached hydrogens (tertiary/aromatic N) is 3. The highest BCUT2D eigenvalue weighted by Gasteiger charge is 2.11. The Kier molecular flexibility index (Phi) is 5.07. The summed E-state index contributed by atoms with van der Waals surface area (Å²) in [6, 6.07) is 21.0. The molecule has 0 spiro atoms. The van der Waals surface area contributed by atoms with Crippen LogP contribution in [-0.2, 0) is 4.79 Å². The Balaban J connectivity index is 1.55. The van der Waals surface area contributed by atoms with Gasteiger partial charge in [-0.2, -0.15) is 9.78 Å². The lowest BCUT2D eigenvalue weighted by Gasteiger charge is -2.08. The number of fused-ring (bicyclic) bond motifs is 1. The van der Waals surface area contributed by atoms with Gasteiger partial charge in [0.25, 0.3) is 0 Å².